The molecule has 1 N–H and O–H groups in total. The van der Waals surface area contributed by atoms with Gasteiger partial charge in [-0.05, 0) is 24.3 Å². The number of hydrogen-bond acceptors (Lipinski definition) is 4. The van der Waals surface area contributed by atoms with Crippen molar-refractivity contribution in [2.45, 2.75) is 0 Å². The van der Waals surface area contributed by atoms with E-state index in [9.17, 15) is 8.78 Å². The first-order valence-corrected chi connectivity index (χ1v) is 8.86. The average molecular weight is 503 g/mol. The molecule has 2 heterocycles. The van der Waals surface area contributed by atoms with Gasteiger partial charge < -0.3 is 19.9 Å². The summed E-state index contributed by atoms with van der Waals surface area (Å²) in [5.41, 5.74) is 0.308. The molecule has 0 amide bonds. The number of hydrogen-bond donors (Lipinski definition) is 1. The third-order valence-electron chi connectivity index (χ3n) is 4.33. The molecule has 0 unspecified atom stereocenters. The number of pyridine rings is 1. The first-order chi connectivity index (χ1) is 13.2. The van der Waals surface area contributed by atoms with Gasteiger partial charge in [0.25, 0.3) is 0 Å². The van der Waals surface area contributed by atoms with E-state index in [0.717, 1.165) is 17.8 Å². The number of halogens is 3. The zero-order valence-electron chi connectivity index (χ0n) is 15.6. The number of rotatable bonds is 5. The highest BCUT2D eigenvalue weighted by atomic mass is 127. The van der Waals surface area contributed by atoms with Gasteiger partial charge in [-0.1, -0.05) is 0 Å². The molecule has 1 aromatic carbocycles. The summed E-state index contributed by atoms with van der Waals surface area (Å²) >= 11 is 0. The first kappa shape index (κ1) is 22.1. The highest BCUT2D eigenvalue weighted by molar-refractivity contribution is 14.0. The molecule has 1 aromatic heterocycles. The summed E-state index contributed by atoms with van der Waals surface area (Å²) in [4.78, 5) is 12.2. The molecule has 2 aromatic rings. The number of guanidine groups is 1. The second-order valence-corrected chi connectivity index (χ2v) is 6.08. The van der Waals surface area contributed by atoms with Gasteiger partial charge in [-0.25, -0.2) is 8.78 Å². The van der Waals surface area contributed by atoms with Gasteiger partial charge in [0.05, 0.1) is 18.4 Å². The smallest absolute Gasteiger partial charge is 0.193 e. The number of nitrogens with one attached hydrogen (secondary N) is 1. The van der Waals surface area contributed by atoms with E-state index in [-0.39, 0.29) is 24.0 Å². The standard InChI is InChI=1S/C19H23F2N5O.HI/c1-22-19(24-7-12-27-16-3-2-6-23-14-16)26-10-8-25(9-11-26)18-13-15(20)4-5-17(18)21;/h2-6,13-14H,7-12H2,1H3,(H,22,24);1H. The predicted molar refractivity (Wildman–Crippen MR) is 117 cm³/mol. The van der Waals surface area contributed by atoms with Crippen molar-refractivity contribution in [1.29, 1.82) is 0 Å². The Morgan fingerprint density at radius 2 is 2.00 bits per heavy atom. The van der Waals surface area contributed by atoms with Gasteiger partial charge in [0.2, 0.25) is 0 Å². The molecule has 1 saturated heterocycles. The van der Waals surface area contributed by atoms with Crippen molar-refractivity contribution < 1.29 is 13.5 Å². The van der Waals surface area contributed by atoms with Crippen molar-refractivity contribution in [3.8, 4) is 5.75 Å². The molecule has 0 saturated carbocycles. The van der Waals surface area contributed by atoms with Crippen LogP contribution in [0.5, 0.6) is 5.75 Å². The maximum Gasteiger partial charge on any atom is 0.193 e. The number of nitrogens with zero attached hydrogens (tertiary/aromatic N) is 4. The number of ether oxygens (including phenoxy) is 1. The maximum absolute atomic E-state index is 13.9. The van der Waals surface area contributed by atoms with Gasteiger partial charge >= 0.3 is 0 Å². The normalized spacial score (nSPS) is 14.5. The van der Waals surface area contributed by atoms with E-state index in [4.69, 9.17) is 4.74 Å². The van der Waals surface area contributed by atoms with Crippen molar-refractivity contribution in [3.63, 3.8) is 0 Å². The Kier molecular flexibility index (Phi) is 8.68. The molecule has 0 atom stereocenters. The van der Waals surface area contributed by atoms with Gasteiger partial charge in [-0.15, -0.1) is 24.0 Å². The second-order valence-electron chi connectivity index (χ2n) is 6.08. The van der Waals surface area contributed by atoms with Crippen molar-refractivity contribution in [1.82, 2.24) is 15.2 Å². The van der Waals surface area contributed by atoms with Crippen molar-refractivity contribution in [2.75, 3.05) is 51.3 Å². The minimum Gasteiger partial charge on any atom is -0.490 e. The van der Waals surface area contributed by atoms with E-state index in [1.54, 1.807) is 19.4 Å². The van der Waals surface area contributed by atoms with Gasteiger partial charge in [0, 0.05) is 45.5 Å². The molecule has 1 aliphatic heterocycles. The third-order valence-corrected chi connectivity index (χ3v) is 4.33. The zero-order chi connectivity index (χ0) is 19.1. The number of aliphatic imine (C=N–C) groups is 1. The lowest BCUT2D eigenvalue weighted by Crippen LogP contribution is -2.53. The average Bonchev–Trinajstić information content (AvgIpc) is 2.71. The lowest BCUT2D eigenvalue weighted by Gasteiger charge is -2.37. The summed E-state index contributed by atoms with van der Waals surface area (Å²) in [6, 6.07) is 7.22. The number of piperazine rings is 1. The summed E-state index contributed by atoms with van der Waals surface area (Å²) in [5.74, 6) is 0.656. The number of anilines is 1. The van der Waals surface area contributed by atoms with Crippen LogP contribution in [0.3, 0.4) is 0 Å². The minimum atomic E-state index is -0.431. The third kappa shape index (κ3) is 5.91. The van der Waals surface area contributed by atoms with Crippen LogP contribution in [0.2, 0.25) is 0 Å². The molecule has 1 fully saturated rings. The van der Waals surface area contributed by atoms with E-state index < -0.39 is 11.6 Å². The fraction of sp³-hybridized carbons (Fsp3) is 0.368. The van der Waals surface area contributed by atoms with Gasteiger partial charge in [0.1, 0.15) is 24.0 Å². The fourth-order valence-corrected chi connectivity index (χ4v) is 2.98. The van der Waals surface area contributed by atoms with Crippen LogP contribution < -0.4 is 15.0 Å². The largest absolute Gasteiger partial charge is 0.490 e. The lowest BCUT2D eigenvalue weighted by atomic mass is 10.2. The Morgan fingerprint density at radius 3 is 2.68 bits per heavy atom. The summed E-state index contributed by atoms with van der Waals surface area (Å²) in [6.07, 6.45) is 3.36. The molecule has 0 spiro atoms. The highest BCUT2D eigenvalue weighted by Gasteiger charge is 2.21. The molecule has 9 heteroatoms. The van der Waals surface area contributed by atoms with Gasteiger partial charge in [-0.3, -0.25) is 9.98 Å². The van der Waals surface area contributed by atoms with Gasteiger partial charge in [-0.2, -0.15) is 0 Å². The molecule has 0 bridgehead atoms. The van der Waals surface area contributed by atoms with Crippen LogP contribution in [0, 0.1) is 11.6 Å². The molecule has 3 rings (SSSR count). The topological polar surface area (TPSA) is 53.0 Å². The summed E-state index contributed by atoms with van der Waals surface area (Å²) in [7, 11) is 1.73. The molecular weight excluding hydrogens is 479 g/mol. The SMILES string of the molecule is CN=C(NCCOc1cccnc1)N1CCN(c2cc(F)ccc2F)CC1.I. The molecule has 0 radical (unpaired) electrons. The Hall–Kier alpha value is -2.17. The van der Waals surface area contributed by atoms with E-state index >= 15 is 0 Å². The number of benzene rings is 1. The van der Waals surface area contributed by atoms with Crippen LogP contribution in [-0.2, 0) is 0 Å². The van der Waals surface area contributed by atoms with E-state index in [1.807, 2.05) is 17.0 Å². The van der Waals surface area contributed by atoms with E-state index in [1.165, 1.54) is 12.1 Å². The van der Waals surface area contributed by atoms with Crippen LogP contribution in [0.15, 0.2) is 47.7 Å². The minimum absolute atomic E-state index is 0. The van der Waals surface area contributed by atoms with Gasteiger partial charge in [0.15, 0.2) is 5.96 Å². The highest BCUT2D eigenvalue weighted by Crippen LogP contribution is 2.21. The zero-order valence-corrected chi connectivity index (χ0v) is 18.0. The van der Waals surface area contributed by atoms with Crippen molar-refractivity contribution >= 4 is 35.6 Å². The Morgan fingerprint density at radius 1 is 1.21 bits per heavy atom. The van der Waals surface area contributed by atoms with Crippen LogP contribution in [0.25, 0.3) is 0 Å². The summed E-state index contributed by atoms with van der Waals surface area (Å²) in [6.45, 7) is 3.60. The molecule has 1 aliphatic rings. The van der Waals surface area contributed by atoms with E-state index in [0.29, 0.717) is 45.0 Å². The second kappa shape index (κ2) is 11.0. The Bertz CT molecular complexity index is 770. The van der Waals surface area contributed by atoms with Crippen molar-refractivity contribution in [2.24, 2.45) is 4.99 Å². The number of aromatic nitrogens is 1. The monoisotopic (exact) mass is 503 g/mol. The summed E-state index contributed by atoms with van der Waals surface area (Å²) < 4.78 is 33.0. The van der Waals surface area contributed by atoms with E-state index in [2.05, 4.69) is 20.2 Å². The molecule has 0 aliphatic carbocycles. The fourth-order valence-electron chi connectivity index (χ4n) is 2.98. The van der Waals surface area contributed by atoms with Crippen LogP contribution in [0.1, 0.15) is 0 Å². The van der Waals surface area contributed by atoms with Crippen molar-refractivity contribution in [3.05, 3.63) is 54.4 Å². The molecule has 152 valence electrons. The Labute approximate surface area is 180 Å². The van der Waals surface area contributed by atoms with Crippen LogP contribution in [-0.4, -0.2) is 62.2 Å². The molecule has 28 heavy (non-hydrogen) atoms. The van der Waals surface area contributed by atoms with Crippen LogP contribution >= 0.6 is 24.0 Å². The first-order valence-electron chi connectivity index (χ1n) is 8.86. The predicted octanol–water partition coefficient (Wildman–Crippen LogP) is 2.75. The lowest BCUT2D eigenvalue weighted by molar-refractivity contribution is 0.314. The maximum atomic E-state index is 13.9. The summed E-state index contributed by atoms with van der Waals surface area (Å²) in [5, 5.41) is 3.26. The molecule has 6 nitrogen and oxygen atoms in total. The quantitative estimate of drug-likeness (QED) is 0.295. The molecular formula is C19H24F2IN5O. The van der Waals surface area contributed by atoms with Crippen LogP contribution in [0.4, 0.5) is 14.5 Å². The Balaban J connectivity index is 0.00000280.